The fraction of sp³-hybridized carbons (Fsp3) is 0.100. The maximum absolute atomic E-state index is 13.2. The standard InChI is InChI=1S/C50H35NO3/c1-30(52)33-21-24-42-44(26-33)49(36-12-5-4-6-13-36)41-23-20-35(32(3)54)28-46(41)50(42,43-25-22-34(31(2)53)27-45(43)49)37-14-11-15-38(29-37)51-47-18-9-7-16-39(47)40-17-8-10-19-48(40)51/h4-29H,1-3H3. The van der Waals surface area contributed by atoms with Crippen LogP contribution in [0.15, 0.2) is 158 Å². The van der Waals surface area contributed by atoms with Crippen LogP contribution in [-0.2, 0) is 10.8 Å². The Bertz CT molecular complexity index is 2810. The van der Waals surface area contributed by atoms with Crippen molar-refractivity contribution < 1.29 is 14.4 Å². The van der Waals surface area contributed by atoms with E-state index < -0.39 is 10.8 Å². The molecule has 4 heteroatoms. The van der Waals surface area contributed by atoms with Gasteiger partial charge in [0, 0.05) is 33.2 Å². The number of para-hydroxylation sites is 2. The number of benzene rings is 7. The SMILES string of the molecule is CC(=O)c1ccc2c(c1)C1(c3cccc(-n4c5ccccc5c5ccccc54)c3)c3ccc(C(C)=O)cc3C2(c2ccccc2)c2cc(C(C)=O)ccc21. The van der Waals surface area contributed by atoms with Gasteiger partial charge < -0.3 is 4.57 Å². The molecule has 0 amide bonds. The monoisotopic (exact) mass is 697 g/mol. The van der Waals surface area contributed by atoms with Crippen molar-refractivity contribution in [3.63, 3.8) is 0 Å². The molecular weight excluding hydrogens is 663 g/mol. The molecule has 0 unspecified atom stereocenters. The molecular formula is C50H35NO3. The third-order valence-electron chi connectivity index (χ3n) is 12.0. The molecule has 3 aliphatic rings. The Balaban J connectivity index is 1.40. The summed E-state index contributed by atoms with van der Waals surface area (Å²) in [6, 6.07) is 54.5. The number of carbonyl (C=O) groups excluding carboxylic acids is 3. The zero-order valence-corrected chi connectivity index (χ0v) is 30.2. The highest BCUT2D eigenvalue weighted by Crippen LogP contribution is 2.66. The maximum Gasteiger partial charge on any atom is 0.159 e. The molecule has 0 saturated heterocycles. The number of hydrogen-bond donors (Lipinski definition) is 0. The number of aromatic nitrogens is 1. The minimum atomic E-state index is -0.901. The third-order valence-corrected chi connectivity index (χ3v) is 12.0. The zero-order valence-electron chi connectivity index (χ0n) is 30.2. The van der Waals surface area contributed by atoms with E-state index >= 15 is 0 Å². The first kappa shape index (κ1) is 32.0. The van der Waals surface area contributed by atoms with Crippen molar-refractivity contribution in [3.05, 3.63) is 219 Å². The number of rotatable bonds is 6. The van der Waals surface area contributed by atoms with Crippen LogP contribution >= 0.6 is 0 Å². The Kier molecular flexibility index (Phi) is 6.78. The van der Waals surface area contributed by atoms with Crippen molar-refractivity contribution in [2.45, 2.75) is 31.6 Å². The van der Waals surface area contributed by atoms with Crippen LogP contribution in [0.25, 0.3) is 27.5 Å². The van der Waals surface area contributed by atoms with Crippen LogP contribution in [0.3, 0.4) is 0 Å². The number of ketones is 3. The number of carbonyl (C=O) groups is 3. The maximum atomic E-state index is 13.2. The molecule has 54 heavy (non-hydrogen) atoms. The lowest BCUT2D eigenvalue weighted by Crippen LogP contribution is -2.52. The van der Waals surface area contributed by atoms with Gasteiger partial charge in [-0.3, -0.25) is 14.4 Å². The highest BCUT2D eigenvalue weighted by Gasteiger charge is 2.60. The van der Waals surface area contributed by atoms with Crippen molar-refractivity contribution in [1.29, 1.82) is 0 Å². The molecule has 1 aromatic heterocycles. The molecule has 0 spiro atoms. The number of nitrogens with zero attached hydrogens (tertiary/aromatic N) is 1. The molecule has 11 rings (SSSR count). The van der Waals surface area contributed by atoms with Crippen molar-refractivity contribution in [2.24, 2.45) is 0 Å². The van der Waals surface area contributed by atoms with Gasteiger partial charge in [0.25, 0.3) is 0 Å². The van der Waals surface area contributed by atoms with E-state index in [1.165, 1.54) is 10.8 Å². The van der Waals surface area contributed by atoms with Crippen LogP contribution in [0.2, 0.25) is 0 Å². The van der Waals surface area contributed by atoms with Crippen LogP contribution in [0.5, 0.6) is 0 Å². The van der Waals surface area contributed by atoms with Crippen molar-refractivity contribution >= 4 is 39.2 Å². The van der Waals surface area contributed by atoms with Crippen LogP contribution in [0.1, 0.15) is 96.4 Å². The first-order chi connectivity index (χ1) is 26.3. The summed E-state index contributed by atoms with van der Waals surface area (Å²) in [7, 11) is 0. The molecule has 4 nitrogen and oxygen atoms in total. The minimum absolute atomic E-state index is 0.0125. The summed E-state index contributed by atoms with van der Waals surface area (Å²) in [4.78, 5) is 39.6. The highest BCUT2D eigenvalue weighted by atomic mass is 16.1. The van der Waals surface area contributed by atoms with Crippen molar-refractivity contribution in [1.82, 2.24) is 4.57 Å². The van der Waals surface area contributed by atoms with Crippen LogP contribution in [0.4, 0.5) is 0 Å². The highest BCUT2D eigenvalue weighted by molar-refractivity contribution is 6.09. The van der Waals surface area contributed by atoms with E-state index in [2.05, 4.69) is 126 Å². The molecule has 0 aliphatic heterocycles. The Morgan fingerprint density at radius 2 is 0.796 bits per heavy atom. The molecule has 0 radical (unpaired) electrons. The Hall–Kier alpha value is -6.65. The van der Waals surface area contributed by atoms with E-state index in [4.69, 9.17) is 0 Å². The van der Waals surface area contributed by atoms with Gasteiger partial charge in [-0.1, -0.05) is 115 Å². The molecule has 0 fully saturated rings. The van der Waals surface area contributed by atoms with Gasteiger partial charge in [0.1, 0.15) is 0 Å². The van der Waals surface area contributed by atoms with E-state index in [-0.39, 0.29) is 17.3 Å². The second kappa shape index (κ2) is 11.4. The fourth-order valence-corrected chi connectivity index (χ4v) is 9.77. The lowest BCUT2D eigenvalue weighted by Gasteiger charge is -2.57. The van der Waals surface area contributed by atoms with Crippen LogP contribution in [0, 0.1) is 0 Å². The Labute approximate surface area is 313 Å². The quantitative estimate of drug-likeness (QED) is 0.163. The predicted octanol–water partition coefficient (Wildman–Crippen LogP) is 10.8. The molecule has 0 saturated carbocycles. The van der Waals surface area contributed by atoms with E-state index in [1.54, 1.807) is 20.8 Å². The van der Waals surface area contributed by atoms with Crippen LogP contribution in [-0.4, -0.2) is 21.9 Å². The van der Waals surface area contributed by atoms with Crippen LogP contribution < -0.4 is 0 Å². The van der Waals surface area contributed by atoms with E-state index in [0.29, 0.717) is 16.7 Å². The molecule has 8 aromatic rings. The fourth-order valence-electron chi connectivity index (χ4n) is 9.77. The second-order valence-electron chi connectivity index (χ2n) is 14.7. The number of Topliss-reactive ketones (excluding diaryl/α,β-unsaturated/α-hetero) is 3. The van der Waals surface area contributed by atoms with Gasteiger partial charge in [-0.25, -0.2) is 0 Å². The lowest BCUT2D eigenvalue weighted by atomic mass is 9.44. The second-order valence-corrected chi connectivity index (χ2v) is 14.7. The molecule has 258 valence electrons. The largest absolute Gasteiger partial charge is 0.309 e. The molecule has 2 bridgehead atoms. The smallest absolute Gasteiger partial charge is 0.159 e. The molecule has 1 heterocycles. The van der Waals surface area contributed by atoms with Gasteiger partial charge in [-0.2, -0.15) is 0 Å². The van der Waals surface area contributed by atoms with Gasteiger partial charge in [-0.15, -0.1) is 0 Å². The van der Waals surface area contributed by atoms with Gasteiger partial charge in [-0.05, 0) is 108 Å². The summed E-state index contributed by atoms with van der Waals surface area (Å²) in [5, 5.41) is 2.36. The summed E-state index contributed by atoms with van der Waals surface area (Å²) in [6.07, 6.45) is 0. The average molecular weight is 698 g/mol. The molecule has 0 atom stereocenters. The van der Waals surface area contributed by atoms with Crippen molar-refractivity contribution in [2.75, 3.05) is 0 Å². The lowest BCUT2D eigenvalue weighted by molar-refractivity contribution is 0.100. The minimum Gasteiger partial charge on any atom is -0.309 e. The Morgan fingerprint density at radius 1 is 0.389 bits per heavy atom. The zero-order chi connectivity index (χ0) is 36.9. The van der Waals surface area contributed by atoms with E-state index in [0.717, 1.165) is 61.2 Å². The van der Waals surface area contributed by atoms with Gasteiger partial charge >= 0.3 is 0 Å². The summed E-state index contributed by atoms with van der Waals surface area (Å²) in [6.45, 7) is 4.83. The molecule has 3 aliphatic carbocycles. The van der Waals surface area contributed by atoms with Gasteiger partial charge in [0.05, 0.1) is 21.9 Å². The first-order valence-electron chi connectivity index (χ1n) is 18.4. The summed E-state index contributed by atoms with van der Waals surface area (Å²) in [5.74, 6) is -0.0500. The third kappa shape index (κ3) is 4.05. The van der Waals surface area contributed by atoms with Gasteiger partial charge in [0.15, 0.2) is 17.3 Å². The molecule has 7 aromatic carbocycles. The van der Waals surface area contributed by atoms with Gasteiger partial charge in [0.2, 0.25) is 0 Å². The summed E-state index contributed by atoms with van der Waals surface area (Å²) < 4.78 is 2.33. The van der Waals surface area contributed by atoms with E-state index in [1.807, 2.05) is 36.4 Å². The Morgan fingerprint density at radius 3 is 1.26 bits per heavy atom. The average Bonchev–Trinajstić information content (AvgIpc) is 3.54. The predicted molar refractivity (Wildman–Crippen MR) is 215 cm³/mol. The van der Waals surface area contributed by atoms with E-state index in [9.17, 15) is 14.4 Å². The van der Waals surface area contributed by atoms with Crippen molar-refractivity contribution in [3.8, 4) is 5.69 Å². The summed E-state index contributed by atoms with van der Waals surface area (Å²) in [5.41, 5.74) is 11.5. The number of fused-ring (bicyclic) bond motifs is 3. The topological polar surface area (TPSA) is 56.1 Å². The normalized spacial score (nSPS) is 17.9. The first-order valence-corrected chi connectivity index (χ1v) is 18.4. The molecule has 0 N–H and O–H groups in total. The summed E-state index contributed by atoms with van der Waals surface area (Å²) >= 11 is 0. The number of hydrogen-bond acceptors (Lipinski definition) is 3.